The molecule has 1 fully saturated rings. The number of fused-ring (bicyclic) bond motifs is 1. The van der Waals surface area contributed by atoms with Crippen LogP contribution in [0.2, 0.25) is 0 Å². The maximum Gasteiger partial charge on any atom is 0.265 e. The van der Waals surface area contributed by atoms with E-state index in [9.17, 15) is 31.4 Å². The number of hydrogen-bond acceptors (Lipinski definition) is 8. The maximum absolute atomic E-state index is 14.1. The Morgan fingerprint density at radius 2 is 1.77 bits per heavy atom. The Labute approximate surface area is 223 Å². The first-order valence-electron chi connectivity index (χ1n) is 12.2. The summed E-state index contributed by atoms with van der Waals surface area (Å²) in [7, 11) is 0. The molecule has 5 N–H and O–H groups in total. The number of halogens is 6. The predicted molar refractivity (Wildman–Crippen MR) is 134 cm³/mol. The Morgan fingerprint density at radius 1 is 1.02 bits per heavy atom. The molecule has 0 amide bonds. The van der Waals surface area contributed by atoms with Crippen molar-refractivity contribution < 1.29 is 31.4 Å². The summed E-state index contributed by atoms with van der Waals surface area (Å²) >= 11 is 0. The van der Waals surface area contributed by atoms with Crippen LogP contribution in [0.1, 0.15) is 30.4 Å². The normalized spacial score (nSPS) is 18.7. The number of nitrogen functional groups attached to an aromatic ring is 1. The monoisotopic (exact) mass is 566 g/mol. The standard InChI is InChI=1S/C25H24F6N8O/c26-15-5-13(14(21(28)29)6-16(15)27)17-4-12(8-39-11-37-19-23(32)35-10-36-24(19)39)18(7-34-17)38-3-1-2-25(33,9-38)20(40)22(30)31/h4-7,10-11,20-22,40H,1-3,8-9,33H2,(H2,32,35,36). The highest BCUT2D eigenvalue weighted by atomic mass is 19.3. The van der Waals surface area contributed by atoms with Gasteiger partial charge in [0, 0.05) is 24.2 Å². The quantitative estimate of drug-likeness (QED) is 0.289. The zero-order valence-electron chi connectivity index (χ0n) is 20.8. The minimum atomic E-state index is -3.12. The van der Waals surface area contributed by atoms with Crippen molar-refractivity contribution in [1.29, 1.82) is 0 Å². The molecule has 0 aliphatic carbocycles. The van der Waals surface area contributed by atoms with Crippen LogP contribution in [0.4, 0.5) is 37.8 Å². The minimum Gasteiger partial charge on any atom is -0.385 e. The van der Waals surface area contributed by atoms with Crippen LogP contribution in [0.5, 0.6) is 0 Å². The molecule has 0 radical (unpaired) electrons. The first kappa shape index (κ1) is 27.6. The molecule has 3 aromatic heterocycles. The van der Waals surface area contributed by atoms with E-state index in [0.717, 1.165) is 0 Å². The minimum absolute atomic E-state index is 0.0248. The van der Waals surface area contributed by atoms with E-state index < -0.39 is 41.7 Å². The molecule has 0 saturated carbocycles. The van der Waals surface area contributed by atoms with Crippen molar-refractivity contribution >= 4 is 22.7 Å². The van der Waals surface area contributed by atoms with Gasteiger partial charge in [0.15, 0.2) is 23.1 Å². The summed E-state index contributed by atoms with van der Waals surface area (Å²) in [5, 5.41) is 10.1. The van der Waals surface area contributed by atoms with E-state index in [1.165, 1.54) is 24.9 Å². The van der Waals surface area contributed by atoms with Crippen LogP contribution in [-0.2, 0) is 6.54 Å². The predicted octanol–water partition coefficient (Wildman–Crippen LogP) is 3.66. The number of alkyl halides is 4. The van der Waals surface area contributed by atoms with E-state index in [-0.39, 0.29) is 36.6 Å². The van der Waals surface area contributed by atoms with Gasteiger partial charge in [-0.1, -0.05) is 0 Å². The third kappa shape index (κ3) is 5.01. The summed E-state index contributed by atoms with van der Waals surface area (Å²) in [6, 6.07) is 2.49. The van der Waals surface area contributed by atoms with Gasteiger partial charge >= 0.3 is 0 Å². The summed E-state index contributed by atoms with van der Waals surface area (Å²) < 4.78 is 83.9. The lowest BCUT2D eigenvalue weighted by molar-refractivity contribution is -0.0529. The van der Waals surface area contributed by atoms with E-state index >= 15 is 0 Å². The molecular weight excluding hydrogens is 542 g/mol. The number of benzene rings is 1. The topological polar surface area (TPSA) is 132 Å². The smallest absolute Gasteiger partial charge is 0.265 e. The number of rotatable bonds is 7. The van der Waals surface area contributed by atoms with E-state index in [1.807, 2.05) is 0 Å². The lowest BCUT2D eigenvalue weighted by Gasteiger charge is -2.44. The Bertz CT molecular complexity index is 1550. The SMILES string of the molecule is Nc1ncnc2c1ncn2Cc1cc(-c2cc(F)c(F)cc2C(F)F)ncc1N1CCCC(N)(C(O)C(F)F)C1. The number of hydrogen-bond donors (Lipinski definition) is 3. The lowest BCUT2D eigenvalue weighted by Crippen LogP contribution is -2.63. The number of anilines is 2. The number of pyridine rings is 1. The van der Waals surface area contributed by atoms with Crippen LogP contribution in [0.3, 0.4) is 0 Å². The molecular formula is C25H24F6N8O. The lowest BCUT2D eigenvalue weighted by atomic mass is 9.84. The number of aromatic nitrogens is 5. The average molecular weight is 567 g/mol. The number of imidazole rings is 1. The van der Waals surface area contributed by atoms with Crippen molar-refractivity contribution in [2.24, 2.45) is 5.73 Å². The fraction of sp³-hybridized carbons (Fsp3) is 0.360. The van der Waals surface area contributed by atoms with Gasteiger partial charge in [-0.05, 0) is 36.6 Å². The third-order valence-corrected chi connectivity index (χ3v) is 7.06. The van der Waals surface area contributed by atoms with Gasteiger partial charge in [0.25, 0.3) is 12.9 Å². The van der Waals surface area contributed by atoms with E-state index in [0.29, 0.717) is 47.5 Å². The molecule has 5 rings (SSSR count). The van der Waals surface area contributed by atoms with Crippen molar-refractivity contribution in [3.8, 4) is 11.3 Å². The van der Waals surface area contributed by atoms with Crippen LogP contribution in [0.15, 0.2) is 37.1 Å². The van der Waals surface area contributed by atoms with E-state index in [2.05, 4.69) is 19.9 Å². The summed E-state index contributed by atoms with van der Waals surface area (Å²) in [6.45, 7) is 0.243. The fourth-order valence-electron chi connectivity index (χ4n) is 5.02. The molecule has 2 atom stereocenters. The number of aliphatic hydroxyl groups excluding tert-OH is 1. The van der Waals surface area contributed by atoms with E-state index in [4.69, 9.17) is 11.5 Å². The molecule has 1 aromatic carbocycles. The van der Waals surface area contributed by atoms with Crippen molar-refractivity contribution in [2.75, 3.05) is 23.7 Å². The molecule has 0 bridgehead atoms. The fourth-order valence-corrected chi connectivity index (χ4v) is 5.02. The van der Waals surface area contributed by atoms with Crippen LogP contribution in [0, 0.1) is 11.6 Å². The first-order chi connectivity index (χ1) is 19.0. The molecule has 1 aliphatic heterocycles. The Kier molecular flexibility index (Phi) is 7.27. The first-order valence-corrected chi connectivity index (χ1v) is 12.2. The van der Waals surface area contributed by atoms with Crippen LogP contribution >= 0.6 is 0 Å². The Balaban J connectivity index is 1.63. The summed E-state index contributed by atoms with van der Waals surface area (Å²) in [5.41, 5.74) is 10.8. The molecule has 2 unspecified atom stereocenters. The van der Waals surface area contributed by atoms with Gasteiger partial charge in [-0.2, -0.15) is 0 Å². The summed E-state index contributed by atoms with van der Waals surface area (Å²) in [6.07, 6.45) is -3.75. The third-order valence-electron chi connectivity index (χ3n) is 7.06. The molecule has 9 nitrogen and oxygen atoms in total. The highest BCUT2D eigenvalue weighted by molar-refractivity contribution is 5.81. The molecule has 15 heteroatoms. The van der Waals surface area contributed by atoms with Crippen molar-refractivity contribution in [1.82, 2.24) is 24.5 Å². The van der Waals surface area contributed by atoms with Gasteiger partial charge in [-0.25, -0.2) is 41.3 Å². The number of nitrogens with zero attached hydrogens (tertiary/aromatic N) is 6. The molecule has 1 aliphatic rings. The zero-order chi connectivity index (χ0) is 28.8. The second-order valence-corrected chi connectivity index (χ2v) is 9.69. The van der Waals surface area contributed by atoms with Gasteiger partial charge in [-0.15, -0.1) is 0 Å². The van der Waals surface area contributed by atoms with Gasteiger partial charge < -0.3 is 26.0 Å². The van der Waals surface area contributed by atoms with Gasteiger partial charge in [0.2, 0.25) is 0 Å². The number of aliphatic hydroxyl groups is 1. The largest absolute Gasteiger partial charge is 0.385 e. The molecule has 0 spiro atoms. The maximum atomic E-state index is 14.1. The Morgan fingerprint density at radius 3 is 2.50 bits per heavy atom. The van der Waals surface area contributed by atoms with Gasteiger partial charge in [0.05, 0.1) is 36.0 Å². The van der Waals surface area contributed by atoms with Crippen molar-refractivity contribution in [3.05, 3.63) is 59.8 Å². The van der Waals surface area contributed by atoms with Gasteiger partial charge in [0.1, 0.15) is 17.9 Å². The second-order valence-electron chi connectivity index (χ2n) is 9.69. The molecule has 4 aromatic rings. The van der Waals surface area contributed by atoms with E-state index in [1.54, 1.807) is 9.47 Å². The molecule has 212 valence electrons. The van der Waals surface area contributed by atoms with Crippen molar-refractivity contribution in [3.63, 3.8) is 0 Å². The summed E-state index contributed by atoms with van der Waals surface area (Å²) in [4.78, 5) is 18.2. The highest BCUT2D eigenvalue weighted by Crippen LogP contribution is 2.36. The number of piperidine rings is 1. The van der Waals surface area contributed by atoms with Gasteiger partial charge in [-0.3, -0.25) is 4.98 Å². The second kappa shape index (κ2) is 10.5. The summed E-state index contributed by atoms with van der Waals surface area (Å²) in [5.74, 6) is -2.62. The van der Waals surface area contributed by atoms with Crippen molar-refractivity contribution in [2.45, 2.75) is 43.9 Å². The van der Waals surface area contributed by atoms with Crippen LogP contribution < -0.4 is 16.4 Å². The number of nitrogens with two attached hydrogens (primary N) is 2. The highest BCUT2D eigenvalue weighted by Gasteiger charge is 2.43. The van der Waals surface area contributed by atoms with Crippen LogP contribution in [0.25, 0.3) is 22.4 Å². The molecule has 40 heavy (non-hydrogen) atoms. The van der Waals surface area contributed by atoms with Crippen LogP contribution in [-0.4, -0.2) is 60.8 Å². The molecule has 4 heterocycles. The Hall–Kier alpha value is -3.98. The molecule has 1 saturated heterocycles. The zero-order valence-corrected chi connectivity index (χ0v) is 20.8. The average Bonchev–Trinajstić information content (AvgIpc) is 3.33.